The van der Waals surface area contributed by atoms with Crippen molar-refractivity contribution in [2.45, 2.75) is 161 Å². The van der Waals surface area contributed by atoms with Crippen molar-refractivity contribution >= 4 is 35.5 Å². The van der Waals surface area contributed by atoms with Crippen molar-refractivity contribution in [3.05, 3.63) is 71.8 Å². The molecule has 0 aliphatic carbocycles. The summed E-state index contributed by atoms with van der Waals surface area (Å²) >= 11 is 0. The minimum atomic E-state index is -1.12. The van der Waals surface area contributed by atoms with Crippen LogP contribution in [-0.2, 0) is 41.6 Å². The van der Waals surface area contributed by atoms with Gasteiger partial charge in [0, 0.05) is 25.7 Å². The number of hydrogen-bond acceptors (Lipinski definition) is 6. The second kappa shape index (κ2) is 27.8. The van der Waals surface area contributed by atoms with Crippen molar-refractivity contribution in [3.8, 4) is 0 Å². The fourth-order valence-corrected chi connectivity index (χ4v) is 6.71. The number of unbranched alkanes of at least 4 members (excludes halogenated alkanes) is 11. The highest BCUT2D eigenvalue weighted by Gasteiger charge is 2.30. The highest BCUT2D eigenvalue weighted by Crippen LogP contribution is 2.15. The van der Waals surface area contributed by atoms with E-state index in [0.29, 0.717) is 19.3 Å². The predicted molar refractivity (Wildman–Crippen MR) is 224 cm³/mol. The number of carbonyl (C=O) groups excluding carboxylic acids is 5. The second-order valence-corrected chi connectivity index (χ2v) is 15.7. The van der Waals surface area contributed by atoms with E-state index in [-0.39, 0.29) is 36.5 Å². The molecule has 316 valence electrons. The van der Waals surface area contributed by atoms with Crippen LogP contribution in [0.1, 0.15) is 135 Å². The Hall–Kier alpha value is -4.74. The predicted octanol–water partition coefficient (Wildman–Crippen LogP) is 6.14. The summed E-state index contributed by atoms with van der Waals surface area (Å²) in [4.78, 5) is 75.5. The minimum Gasteiger partial charge on any atom is -0.480 e. The largest absolute Gasteiger partial charge is 0.480 e. The highest BCUT2D eigenvalue weighted by atomic mass is 16.4. The van der Waals surface area contributed by atoms with Gasteiger partial charge < -0.3 is 32.1 Å². The van der Waals surface area contributed by atoms with Crippen LogP contribution in [0.3, 0.4) is 0 Å². The zero-order chi connectivity index (χ0) is 42.0. The topological polar surface area (TPSA) is 197 Å². The molecule has 0 aliphatic rings. The van der Waals surface area contributed by atoms with Crippen LogP contribution in [-0.4, -0.2) is 64.8 Å². The van der Waals surface area contributed by atoms with Crippen molar-refractivity contribution < 1.29 is 33.9 Å². The van der Waals surface area contributed by atoms with E-state index in [0.717, 1.165) is 88.2 Å². The normalized spacial score (nSPS) is 13.8. The van der Waals surface area contributed by atoms with Gasteiger partial charge in [0.15, 0.2) is 0 Å². The number of nitrogens with one attached hydrogen (secondary N) is 4. The molecule has 57 heavy (non-hydrogen) atoms. The van der Waals surface area contributed by atoms with Crippen LogP contribution in [0.25, 0.3) is 0 Å². The van der Waals surface area contributed by atoms with Gasteiger partial charge in [0.05, 0.1) is 0 Å². The van der Waals surface area contributed by atoms with E-state index in [1.165, 1.54) is 0 Å². The number of benzene rings is 2. The molecule has 5 amide bonds. The zero-order valence-electron chi connectivity index (χ0n) is 34.7. The molecular weight excluding hydrogens is 723 g/mol. The van der Waals surface area contributed by atoms with E-state index < -0.39 is 47.9 Å². The molecule has 0 saturated carbocycles. The fourth-order valence-electron chi connectivity index (χ4n) is 6.71. The summed E-state index contributed by atoms with van der Waals surface area (Å²) in [6, 6.07) is 15.0. The molecule has 2 aromatic rings. The van der Waals surface area contributed by atoms with Gasteiger partial charge in [0.25, 0.3) is 0 Å². The lowest BCUT2D eigenvalue weighted by atomic mass is 9.97. The molecule has 1 unspecified atom stereocenters. The average Bonchev–Trinajstić information content (AvgIpc) is 3.18. The van der Waals surface area contributed by atoms with E-state index in [2.05, 4.69) is 21.3 Å². The van der Waals surface area contributed by atoms with Gasteiger partial charge in [-0.2, -0.15) is 0 Å². The summed E-state index contributed by atoms with van der Waals surface area (Å²) < 4.78 is 0. The Morgan fingerprint density at radius 3 is 1.30 bits per heavy atom. The molecule has 0 aromatic heterocycles. The number of amides is 5. The van der Waals surface area contributed by atoms with E-state index in [9.17, 15) is 33.9 Å². The Balaban J connectivity index is 1.54. The number of primary amides is 1. The molecule has 12 heteroatoms. The molecule has 2 aromatic carbocycles. The first-order valence-electron chi connectivity index (χ1n) is 21.1. The Labute approximate surface area is 340 Å². The Kier molecular flexibility index (Phi) is 23.6. The van der Waals surface area contributed by atoms with Gasteiger partial charge in [-0.15, -0.1) is 0 Å². The summed E-state index contributed by atoms with van der Waals surface area (Å²) in [6.07, 6.45) is 14.1. The van der Waals surface area contributed by atoms with Crippen LogP contribution in [0, 0.1) is 11.8 Å². The van der Waals surface area contributed by atoms with Crippen LogP contribution in [0.2, 0.25) is 0 Å². The lowest BCUT2D eigenvalue weighted by Gasteiger charge is -2.26. The Morgan fingerprint density at radius 2 is 0.912 bits per heavy atom. The van der Waals surface area contributed by atoms with Crippen molar-refractivity contribution in [1.29, 1.82) is 0 Å². The molecule has 0 aliphatic heterocycles. The summed E-state index contributed by atoms with van der Waals surface area (Å²) in [7, 11) is 0. The number of carbonyl (C=O) groups is 6. The summed E-state index contributed by atoms with van der Waals surface area (Å²) in [5.41, 5.74) is 7.28. The molecule has 0 fully saturated rings. The average molecular weight is 792 g/mol. The first-order valence-corrected chi connectivity index (χ1v) is 21.1. The van der Waals surface area contributed by atoms with Crippen molar-refractivity contribution in [3.63, 3.8) is 0 Å². The van der Waals surface area contributed by atoms with Gasteiger partial charge >= 0.3 is 5.97 Å². The molecule has 0 saturated heterocycles. The van der Waals surface area contributed by atoms with Crippen LogP contribution < -0.4 is 27.0 Å². The summed E-state index contributed by atoms with van der Waals surface area (Å²) in [6.45, 7) is 7.52. The monoisotopic (exact) mass is 792 g/mol. The van der Waals surface area contributed by atoms with Crippen molar-refractivity contribution in [1.82, 2.24) is 21.3 Å². The minimum absolute atomic E-state index is 0.108. The molecule has 0 spiro atoms. The smallest absolute Gasteiger partial charge is 0.326 e. The number of rotatable bonds is 30. The number of aliphatic carboxylic acids is 1. The summed E-state index contributed by atoms with van der Waals surface area (Å²) in [5, 5.41) is 20.7. The molecule has 0 heterocycles. The first-order chi connectivity index (χ1) is 27.3. The Bertz CT molecular complexity index is 1500. The first kappa shape index (κ1) is 48.4. The maximum atomic E-state index is 13.2. The van der Waals surface area contributed by atoms with Gasteiger partial charge in [0.1, 0.15) is 24.2 Å². The summed E-state index contributed by atoms with van der Waals surface area (Å²) in [5.74, 6) is -3.29. The van der Waals surface area contributed by atoms with E-state index in [1.54, 1.807) is 0 Å². The third kappa shape index (κ3) is 20.3. The van der Waals surface area contributed by atoms with Crippen LogP contribution in [0.5, 0.6) is 0 Å². The molecular formula is C45H69N5O7. The molecule has 0 bridgehead atoms. The molecule has 0 radical (unpaired) electrons. The standard InChI is InChI=1S/C45H69N5O7/c1-5-33(4)41(44(55)47-36(42(46)53)30-34-24-18-16-19-25-34)50-39(52)29-23-15-13-11-9-7-6-8-10-12-14-22-28-38(51)49-40(32(2)3)43(54)48-37(45(56)57)31-35-26-20-17-21-27-35/h16-21,24-27,32-33,36-37,40-41H,5-15,22-23,28-31H2,1-4H3,(H2,46,53)(H,47,55)(H,48,54)(H,49,51)(H,50,52)(H,56,57)/t33?,36-,37-,40-,41-/m0/s1. The highest BCUT2D eigenvalue weighted by molar-refractivity contribution is 5.92. The van der Waals surface area contributed by atoms with Gasteiger partial charge in [-0.1, -0.05) is 159 Å². The van der Waals surface area contributed by atoms with E-state index in [1.807, 2.05) is 88.4 Å². The van der Waals surface area contributed by atoms with Gasteiger partial charge in [0.2, 0.25) is 29.5 Å². The lowest BCUT2D eigenvalue weighted by molar-refractivity contribution is -0.142. The third-order valence-electron chi connectivity index (χ3n) is 10.5. The second-order valence-electron chi connectivity index (χ2n) is 15.7. The molecule has 12 nitrogen and oxygen atoms in total. The fraction of sp³-hybridized carbons (Fsp3) is 0.600. The van der Waals surface area contributed by atoms with Gasteiger partial charge in [-0.05, 0) is 35.8 Å². The molecule has 2 rings (SSSR count). The van der Waals surface area contributed by atoms with E-state index >= 15 is 0 Å². The van der Waals surface area contributed by atoms with Crippen LogP contribution in [0.4, 0.5) is 0 Å². The Morgan fingerprint density at radius 1 is 0.544 bits per heavy atom. The van der Waals surface area contributed by atoms with Gasteiger partial charge in [-0.25, -0.2) is 4.79 Å². The van der Waals surface area contributed by atoms with Gasteiger partial charge in [-0.3, -0.25) is 24.0 Å². The van der Waals surface area contributed by atoms with Crippen molar-refractivity contribution in [2.24, 2.45) is 17.6 Å². The number of nitrogens with two attached hydrogens (primary N) is 1. The number of hydrogen-bond donors (Lipinski definition) is 6. The quantitative estimate of drug-likeness (QED) is 0.0511. The zero-order valence-corrected chi connectivity index (χ0v) is 34.7. The number of carboxylic acids is 1. The SMILES string of the molecule is CCC(C)[C@H](NC(=O)CCCCCCCCCCCCCCC(=O)N[C@H](C(=O)N[C@@H](Cc1ccccc1)C(=O)O)C(C)C)C(=O)N[C@@H](Cc1ccccc1)C(N)=O. The lowest BCUT2D eigenvalue weighted by Crippen LogP contribution is -2.55. The third-order valence-corrected chi connectivity index (χ3v) is 10.5. The van der Waals surface area contributed by atoms with Crippen LogP contribution >= 0.6 is 0 Å². The maximum Gasteiger partial charge on any atom is 0.326 e. The van der Waals surface area contributed by atoms with Crippen LogP contribution in [0.15, 0.2) is 60.7 Å². The van der Waals surface area contributed by atoms with E-state index in [4.69, 9.17) is 5.73 Å². The number of carboxylic acid groups (broad SMARTS) is 1. The molecule has 7 N–H and O–H groups in total. The maximum absolute atomic E-state index is 13.2. The molecule has 5 atom stereocenters. The van der Waals surface area contributed by atoms with Crippen molar-refractivity contribution in [2.75, 3.05) is 0 Å².